The highest BCUT2D eigenvalue weighted by molar-refractivity contribution is 9.10. The third kappa shape index (κ3) is 3.26. The summed E-state index contributed by atoms with van der Waals surface area (Å²) < 4.78 is 11.5. The molecule has 1 aliphatic heterocycles. The van der Waals surface area contributed by atoms with Crippen LogP contribution in [0.3, 0.4) is 0 Å². The van der Waals surface area contributed by atoms with Crippen molar-refractivity contribution in [3.63, 3.8) is 0 Å². The molecule has 3 rings (SSSR count). The first-order valence-corrected chi connectivity index (χ1v) is 9.66. The zero-order valence-corrected chi connectivity index (χ0v) is 17.5. The van der Waals surface area contributed by atoms with Crippen molar-refractivity contribution in [2.24, 2.45) is 10.8 Å². The van der Waals surface area contributed by atoms with Gasteiger partial charge in [-0.1, -0.05) is 58.4 Å². The lowest BCUT2D eigenvalue weighted by Gasteiger charge is -2.44. The van der Waals surface area contributed by atoms with Crippen LogP contribution in [0.2, 0.25) is 0 Å². The lowest BCUT2D eigenvalue weighted by molar-refractivity contribution is -0.196. The molecule has 0 N–H and O–H groups in total. The monoisotopic (exact) mass is 444 g/mol. The van der Waals surface area contributed by atoms with Crippen LogP contribution in [0.15, 0.2) is 59.1 Å². The minimum Gasteiger partial charge on any atom is -0.468 e. The molecule has 146 valence electrons. The fourth-order valence-electron chi connectivity index (χ4n) is 3.72. The number of Topliss-reactive ketones (excluding diaryl/α,β-unsaturated/α-hetero) is 1. The van der Waals surface area contributed by atoms with Crippen molar-refractivity contribution in [1.82, 2.24) is 0 Å². The average molecular weight is 445 g/mol. The number of esters is 2. The molecule has 0 aromatic heterocycles. The Morgan fingerprint density at radius 3 is 2.25 bits per heavy atom. The Morgan fingerprint density at radius 1 is 1.07 bits per heavy atom. The topological polar surface area (TPSA) is 69.7 Å². The fraction of sp³-hybridized carbons (Fsp3) is 0.318. The van der Waals surface area contributed by atoms with E-state index in [1.54, 1.807) is 50.2 Å². The molecule has 2 aromatic rings. The van der Waals surface area contributed by atoms with Crippen LogP contribution in [-0.2, 0) is 30.3 Å². The highest BCUT2D eigenvalue weighted by Gasteiger charge is 2.65. The summed E-state index contributed by atoms with van der Waals surface area (Å²) in [4.78, 5) is 39.5. The molecule has 28 heavy (non-hydrogen) atoms. The molecule has 5 nitrogen and oxygen atoms in total. The zero-order chi connectivity index (χ0) is 20.5. The second-order valence-electron chi connectivity index (χ2n) is 7.45. The Morgan fingerprint density at radius 2 is 1.68 bits per heavy atom. The summed E-state index contributed by atoms with van der Waals surface area (Å²) in [6, 6.07) is 16.1. The molecule has 0 saturated carbocycles. The molecule has 1 fully saturated rings. The maximum absolute atomic E-state index is 13.6. The van der Waals surface area contributed by atoms with E-state index in [4.69, 9.17) is 9.47 Å². The Balaban J connectivity index is 2.08. The smallest absolute Gasteiger partial charge is 0.332 e. The zero-order valence-electron chi connectivity index (χ0n) is 15.9. The average Bonchev–Trinajstić information content (AvgIpc) is 2.69. The standard InChI is InChI=1S/C22H21BrO5/c1-21(2)17(15-9-11-16(23)12-10-15)28-20(26)22(18(21)24,19(25)27-3)13-14-7-5-4-6-8-14/h4-12,17H,13H2,1-3H3/t17-,22-/m0/s1. The second-order valence-corrected chi connectivity index (χ2v) is 8.36. The number of hydrogen-bond donors (Lipinski definition) is 0. The molecule has 0 radical (unpaired) electrons. The SMILES string of the molecule is COC(=O)[C@@]1(Cc2ccccc2)C(=O)O[C@@H](c2ccc(Br)cc2)C(C)(C)C1=O. The number of rotatable bonds is 4. The second kappa shape index (κ2) is 7.51. The van der Waals surface area contributed by atoms with Gasteiger partial charge in [0.15, 0.2) is 5.78 Å². The lowest BCUT2D eigenvalue weighted by atomic mass is 9.63. The summed E-state index contributed by atoms with van der Waals surface area (Å²) in [7, 11) is 1.17. The van der Waals surface area contributed by atoms with Gasteiger partial charge in [0.1, 0.15) is 6.10 Å². The molecule has 0 spiro atoms. The van der Waals surface area contributed by atoms with Gasteiger partial charge in [0.25, 0.3) is 0 Å². The van der Waals surface area contributed by atoms with E-state index in [-0.39, 0.29) is 6.42 Å². The van der Waals surface area contributed by atoms with Crippen molar-refractivity contribution in [3.05, 3.63) is 70.2 Å². The van der Waals surface area contributed by atoms with Crippen molar-refractivity contribution < 1.29 is 23.9 Å². The van der Waals surface area contributed by atoms with Crippen LogP contribution < -0.4 is 0 Å². The van der Waals surface area contributed by atoms with Crippen molar-refractivity contribution in [2.75, 3.05) is 7.11 Å². The van der Waals surface area contributed by atoms with E-state index in [0.29, 0.717) is 11.1 Å². The molecule has 0 amide bonds. The van der Waals surface area contributed by atoms with Gasteiger partial charge in [0.05, 0.1) is 12.5 Å². The van der Waals surface area contributed by atoms with Crippen molar-refractivity contribution in [1.29, 1.82) is 0 Å². The van der Waals surface area contributed by atoms with Crippen LogP contribution in [0.4, 0.5) is 0 Å². The molecular formula is C22H21BrO5. The number of ether oxygens (including phenoxy) is 2. The maximum Gasteiger partial charge on any atom is 0.332 e. The quantitative estimate of drug-likeness (QED) is 0.525. The molecule has 0 aliphatic carbocycles. The highest BCUT2D eigenvalue weighted by Crippen LogP contribution is 2.49. The van der Waals surface area contributed by atoms with Gasteiger partial charge in [-0.05, 0) is 37.1 Å². The first kappa shape index (κ1) is 20.3. The fourth-order valence-corrected chi connectivity index (χ4v) is 3.98. The Labute approximate surface area is 172 Å². The van der Waals surface area contributed by atoms with Crippen LogP contribution in [0.25, 0.3) is 0 Å². The number of ketones is 1. The van der Waals surface area contributed by atoms with Gasteiger partial charge in [-0.25, -0.2) is 0 Å². The highest BCUT2D eigenvalue weighted by atomic mass is 79.9. The molecule has 1 heterocycles. The summed E-state index contributed by atoms with van der Waals surface area (Å²) in [6.45, 7) is 3.38. The third-order valence-electron chi connectivity index (χ3n) is 5.22. The van der Waals surface area contributed by atoms with Crippen molar-refractivity contribution in [2.45, 2.75) is 26.4 Å². The lowest BCUT2D eigenvalue weighted by Crippen LogP contribution is -2.60. The summed E-state index contributed by atoms with van der Waals surface area (Å²) in [5.74, 6) is -2.27. The first-order valence-electron chi connectivity index (χ1n) is 8.87. The Bertz CT molecular complexity index is 904. The molecular weight excluding hydrogens is 424 g/mol. The van der Waals surface area contributed by atoms with E-state index >= 15 is 0 Å². The van der Waals surface area contributed by atoms with Gasteiger partial charge in [0.2, 0.25) is 5.41 Å². The van der Waals surface area contributed by atoms with E-state index in [0.717, 1.165) is 4.47 Å². The van der Waals surface area contributed by atoms with Crippen molar-refractivity contribution >= 4 is 33.7 Å². The molecule has 1 saturated heterocycles. The molecule has 1 aliphatic rings. The van der Waals surface area contributed by atoms with Gasteiger partial charge in [-0.3, -0.25) is 14.4 Å². The number of benzene rings is 2. The van der Waals surface area contributed by atoms with Gasteiger partial charge in [-0.2, -0.15) is 0 Å². The number of methoxy groups -OCH3 is 1. The van der Waals surface area contributed by atoms with E-state index in [1.165, 1.54) is 7.11 Å². The number of hydrogen-bond acceptors (Lipinski definition) is 5. The van der Waals surface area contributed by atoms with Gasteiger partial charge >= 0.3 is 11.9 Å². The summed E-state index contributed by atoms with van der Waals surface area (Å²) >= 11 is 3.37. The summed E-state index contributed by atoms with van der Waals surface area (Å²) in [5.41, 5.74) is -1.78. The molecule has 0 bridgehead atoms. The van der Waals surface area contributed by atoms with Gasteiger partial charge in [-0.15, -0.1) is 0 Å². The minimum absolute atomic E-state index is 0.103. The van der Waals surface area contributed by atoms with Crippen LogP contribution in [0, 0.1) is 10.8 Å². The normalized spacial score (nSPS) is 23.8. The predicted molar refractivity (Wildman–Crippen MR) is 106 cm³/mol. The van der Waals surface area contributed by atoms with Gasteiger partial charge in [0, 0.05) is 10.9 Å². The molecule has 6 heteroatoms. The summed E-state index contributed by atoms with van der Waals surface area (Å²) in [5, 5.41) is 0. The van der Waals surface area contributed by atoms with E-state index in [9.17, 15) is 14.4 Å². The van der Waals surface area contributed by atoms with Crippen LogP contribution in [0.5, 0.6) is 0 Å². The number of cyclic esters (lactones) is 1. The number of halogens is 1. The Kier molecular flexibility index (Phi) is 5.44. The first-order chi connectivity index (χ1) is 13.2. The number of carbonyl (C=O) groups is 3. The van der Waals surface area contributed by atoms with E-state index < -0.39 is 34.7 Å². The van der Waals surface area contributed by atoms with Crippen LogP contribution in [-0.4, -0.2) is 24.8 Å². The van der Waals surface area contributed by atoms with Crippen LogP contribution in [0.1, 0.15) is 31.1 Å². The van der Waals surface area contributed by atoms with E-state index in [2.05, 4.69) is 15.9 Å². The third-order valence-corrected chi connectivity index (χ3v) is 5.75. The van der Waals surface area contributed by atoms with E-state index in [1.807, 2.05) is 18.2 Å². The molecule has 2 atom stereocenters. The number of carbonyl (C=O) groups excluding carboxylic acids is 3. The van der Waals surface area contributed by atoms with Gasteiger partial charge < -0.3 is 9.47 Å². The summed E-state index contributed by atoms with van der Waals surface area (Å²) in [6.07, 6.45) is -0.900. The van der Waals surface area contributed by atoms with Crippen molar-refractivity contribution in [3.8, 4) is 0 Å². The maximum atomic E-state index is 13.6. The van der Waals surface area contributed by atoms with Crippen LogP contribution >= 0.6 is 15.9 Å². The Hall–Kier alpha value is -2.47. The predicted octanol–water partition coefficient (Wildman–Crippen LogP) is 4.04. The molecule has 0 unspecified atom stereocenters. The minimum atomic E-state index is -2.02. The largest absolute Gasteiger partial charge is 0.468 e. The molecule has 2 aromatic carbocycles.